The van der Waals surface area contributed by atoms with E-state index in [1.54, 1.807) is 18.6 Å². The molecule has 3 aromatic heterocycles. The molecule has 5 heterocycles. The molecule has 6 aromatic rings. The third kappa shape index (κ3) is 14.0. The van der Waals surface area contributed by atoms with Gasteiger partial charge in [0.25, 0.3) is 5.91 Å². The molecule has 0 unspecified atom stereocenters. The summed E-state index contributed by atoms with van der Waals surface area (Å²) in [6.07, 6.45) is 6.62. The number of nitrogens with one attached hydrogen (secondary N) is 6. The fourth-order valence-electron chi connectivity index (χ4n) is 9.05. The molecule has 3 aromatic carbocycles. The largest absolute Gasteiger partial charge is 0.378 e. The highest BCUT2D eigenvalue weighted by atomic mass is 35.5. The number of rotatable bonds is 22. The molecular formula is C53H64ClN13O5. The summed E-state index contributed by atoms with van der Waals surface area (Å²) in [5, 5.41) is 16.9. The number of carbonyl (C=O) groups excluding carboxylic acids is 4. The van der Waals surface area contributed by atoms with Gasteiger partial charge in [-0.2, -0.15) is 0 Å². The van der Waals surface area contributed by atoms with Crippen LogP contribution in [-0.4, -0.2) is 144 Å². The van der Waals surface area contributed by atoms with Crippen molar-refractivity contribution < 1.29 is 23.9 Å². The lowest BCUT2D eigenvalue weighted by Gasteiger charge is -2.39. The summed E-state index contributed by atoms with van der Waals surface area (Å²) in [4.78, 5) is 76.2. The van der Waals surface area contributed by atoms with Crippen LogP contribution < -0.4 is 37.2 Å². The minimum absolute atomic E-state index is 0.0143. The number of amides is 4. The van der Waals surface area contributed by atoms with Crippen LogP contribution in [0.4, 0.5) is 11.5 Å². The van der Waals surface area contributed by atoms with Crippen molar-refractivity contribution in [2.24, 2.45) is 5.73 Å². The number of benzene rings is 3. The first-order chi connectivity index (χ1) is 35.0. The number of piperidine rings is 1. The number of pyridine rings is 1. The Labute approximate surface area is 424 Å². The highest BCUT2D eigenvalue weighted by Crippen LogP contribution is 2.30. The predicted octanol–water partition coefficient (Wildman–Crippen LogP) is 4.44. The second-order valence-electron chi connectivity index (χ2n) is 18.3. The van der Waals surface area contributed by atoms with E-state index in [4.69, 9.17) is 22.1 Å². The van der Waals surface area contributed by atoms with E-state index in [0.29, 0.717) is 88.9 Å². The van der Waals surface area contributed by atoms with Gasteiger partial charge in [-0.3, -0.25) is 24.1 Å². The molecule has 0 saturated carbocycles. The Morgan fingerprint density at radius 1 is 0.833 bits per heavy atom. The molecule has 2 saturated heterocycles. The Kier molecular flexibility index (Phi) is 17.9. The van der Waals surface area contributed by atoms with Gasteiger partial charge in [0.1, 0.15) is 17.8 Å². The molecule has 0 spiro atoms. The van der Waals surface area contributed by atoms with Gasteiger partial charge in [0.15, 0.2) is 5.69 Å². The number of aryl methyl sites for hydroxylation is 1. The third-order valence-corrected chi connectivity index (χ3v) is 13.4. The number of aromatic amines is 1. The van der Waals surface area contributed by atoms with Crippen LogP contribution in [0.5, 0.6) is 0 Å². The van der Waals surface area contributed by atoms with Crippen LogP contribution in [0.3, 0.4) is 0 Å². The van der Waals surface area contributed by atoms with Crippen molar-refractivity contribution in [2.75, 3.05) is 95.4 Å². The lowest BCUT2D eigenvalue weighted by Crippen LogP contribution is -2.60. The van der Waals surface area contributed by atoms with Crippen LogP contribution >= 0.6 is 11.6 Å². The zero-order valence-corrected chi connectivity index (χ0v) is 41.4. The summed E-state index contributed by atoms with van der Waals surface area (Å²) < 4.78 is 5.75. The van der Waals surface area contributed by atoms with Crippen LogP contribution in [0.25, 0.3) is 22.2 Å². The standard InChI is InChI=1S/C53H64ClN13O5/c1-37-6-5-7-38(30-37)32-57-34-46(68)63-45-31-41(39-8-3-2-4-9-39)33-60-48(45)51(70)59-20-29-72-28-19-56-35-47(69)66-26-24-65(25-27-66)21-15-44(40-10-12-42(54)13-11-40)64-52(71)53(55)16-22-67(23-17-53)50-43-14-18-58-49(43)61-36-62-50/h2-14,18,30-31,33,36,44,56-57H,15-17,19-29,32,34-35,55H2,1H3,(H,59,70)(H,63,68)(H,64,71)(H,58,61,62)/t44-/m0/s1. The number of anilines is 2. The van der Waals surface area contributed by atoms with Crippen molar-refractivity contribution in [3.63, 3.8) is 0 Å². The minimum atomic E-state index is -1.03. The van der Waals surface area contributed by atoms with E-state index in [9.17, 15) is 19.2 Å². The van der Waals surface area contributed by atoms with Crippen molar-refractivity contribution in [1.29, 1.82) is 0 Å². The van der Waals surface area contributed by atoms with E-state index in [-0.39, 0.29) is 55.7 Å². The second kappa shape index (κ2) is 25.0. The number of ether oxygens (including phenoxy) is 1. The second-order valence-corrected chi connectivity index (χ2v) is 18.8. The van der Waals surface area contributed by atoms with E-state index in [2.05, 4.69) is 62.4 Å². The van der Waals surface area contributed by atoms with Gasteiger partial charge in [0, 0.05) is 88.4 Å². The zero-order valence-electron chi connectivity index (χ0n) is 40.7. The number of nitrogens with zero attached hydrogens (tertiary/aromatic N) is 6. The van der Waals surface area contributed by atoms with E-state index < -0.39 is 11.4 Å². The van der Waals surface area contributed by atoms with Gasteiger partial charge in [0.05, 0.1) is 49.0 Å². The highest BCUT2D eigenvalue weighted by molar-refractivity contribution is 6.30. The molecule has 19 heteroatoms. The highest BCUT2D eigenvalue weighted by Gasteiger charge is 2.39. The molecule has 378 valence electrons. The predicted molar refractivity (Wildman–Crippen MR) is 279 cm³/mol. The normalized spacial score (nSPS) is 15.3. The molecule has 8 rings (SSSR count). The Morgan fingerprint density at radius 2 is 1.61 bits per heavy atom. The number of halogens is 1. The SMILES string of the molecule is Cc1cccc(CNCC(=O)Nc2cc(-c3ccccc3)cnc2C(=O)NCCOCCNCC(=O)N2CCN(CC[C@H](NC(=O)C3(N)CCN(c4ncnc5[nH]ccc45)CC3)c3ccc(Cl)cc3)CC2)c1. The average Bonchev–Trinajstić information content (AvgIpc) is 3.89. The van der Waals surface area contributed by atoms with Gasteiger partial charge < -0.3 is 51.8 Å². The molecule has 2 aliphatic heterocycles. The van der Waals surface area contributed by atoms with Gasteiger partial charge in [0.2, 0.25) is 17.7 Å². The maximum absolute atomic E-state index is 13.9. The van der Waals surface area contributed by atoms with E-state index >= 15 is 0 Å². The lowest BCUT2D eigenvalue weighted by atomic mass is 9.87. The molecular weight excluding hydrogens is 934 g/mol. The zero-order chi connectivity index (χ0) is 50.3. The van der Waals surface area contributed by atoms with Crippen LogP contribution in [-0.2, 0) is 25.7 Å². The Hall–Kier alpha value is -6.80. The minimum Gasteiger partial charge on any atom is -0.378 e. The van der Waals surface area contributed by atoms with Gasteiger partial charge in [-0.25, -0.2) is 15.0 Å². The summed E-state index contributed by atoms with van der Waals surface area (Å²) in [5.41, 5.74) is 11.8. The summed E-state index contributed by atoms with van der Waals surface area (Å²) in [5.74, 6) is -0.0645. The first-order valence-corrected chi connectivity index (χ1v) is 25.0. The molecule has 1 atom stereocenters. The topological polar surface area (TPSA) is 228 Å². The van der Waals surface area contributed by atoms with Crippen molar-refractivity contribution >= 4 is 57.8 Å². The summed E-state index contributed by atoms with van der Waals surface area (Å²) in [6, 6.07) is 28.7. The van der Waals surface area contributed by atoms with Gasteiger partial charge >= 0.3 is 0 Å². The Balaban J connectivity index is 0.725. The van der Waals surface area contributed by atoms with Crippen LogP contribution in [0.15, 0.2) is 110 Å². The smallest absolute Gasteiger partial charge is 0.272 e. The van der Waals surface area contributed by atoms with Crippen LogP contribution in [0.1, 0.15) is 52.5 Å². The monoisotopic (exact) mass is 997 g/mol. The molecule has 2 fully saturated rings. The Morgan fingerprint density at radius 3 is 2.39 bits per heavy atom. The fourth-order valence-corrected chi connectivity index (χ4v) is 9.17. The van der Waals surface area contributed by atoms with E-state index in [0.717, 1.165) is 51.2 Å². The molecule has 0 radical (unpaired) electrons. The number of hydrogen-bond donors (Lipinski definition) is 7. The van der Waals surface area contributed by atoms with Gasteiger partial charge in [-0.05, 0) is 67.1 Å². The molecule has 2 aliphatic rings. The van der Waals surface area contributed by atoms with Crippen molar-refractivity contribution in [3.05, 3.63) is 137 Å². The number of fused-ring (bicyclic) bond motifs is 1. The summed E-state index contributed by atoms with van der Waals surface area (Å²) in [6.45, 7) is 8.55. The van der Waals surface area contributed by atoms with Crippen molar-refractivity contribution in [1.82, 2.24) is 51.0 Å². The van der Waals surface area contributed by atoms with Gasteiger partial charge in [-0.1, -0.05) is 83.9 Å². The number of nitrogens with two attached hydrogens (primary N) is 1. The van der Waals surface area contributed by atoms with E-state index in [1.807, 2.05) is 96.9 Å². The first-order valence-electron chi connectivity index (χ1n) is 24.6. The molecule has 0 bridgehead atoms. The van der Waals surface area contributed by atoms with Crippen LogP contribution in [0, 0.1) is 6.92 Å². The summed E-state index contributed by atoms with van der Waals surface area (Å²) in [7, 11) is 0. The molecule has 8 N–H and O–H groups in total. The molecule has 72 heavy (non-hydrogen) atoms. The first kappa shape index (κ1) is 51.6. The van der Waals surface area contributed by atoms with Crippen molar-refractivity contribution in [3.8, 4) is 11.1 Å². The lowest BCUT2D eigenvalue weighted by molar-refractivity contribution is -0.132. The number of aromatic nitrogens is 4. The third-order valence-electron chi connectivity index (χ3n) is 13.2. The maximum Gasteiger partial charge on any atom is 0.272 e. The number of H-pyrrole nitrogens is 1. The quantitative estimate of drug-likeness (QED) is 0.0468. The Bertz CT molecular complexity index is 2760. The molecule has 4 amide bonds. The average molecular weight is 999 g/mol. The van der Waals surface area contributed by atoms with Crippen molar-refractivity contribution in [2.45, 2.75) is 44.3 Å². The number of carbonyl (C=O) groups is 4. The maximum atomic E-state index is 13.9. The summed E-state index contributed by atoms with van der Waals surface area (Å²) >= 11 is 6.25. The van der Waals surface area contributed by atoms with Gasteiger partial charge in [-0.15, -0.1) is 0 Å². The fraction of sp³-hybridized carbons (Fsp3) is 0.377. The van der Waals surface area contributed by atoms with E-state index in [1.165, 1.54) is 0 Å². The molecule has 0 aliphatic carbocycles. The van der Waals surface area contributed by atoms with Crippen LogP contribution in [0.2, 0.25) is 5.02 Å². The number of hydrogen-bond acceptors (Lipinski definition) is 13. The number of piperazine rings is 1. The molecule has 18 nitrogen and oxygen atoms in total.